The van der Waals surface area contributed by atoms with E-state index >= 15 is 0 Å². The van der Waals surface area contributed by atoms with Crippen LogP contribution in [0.2, 0.25) is 0 Å². The molecule has 0 amide bonds. The van der Waals surface area contributed by atoms with Crippen molar-refractivity contribution in [3.05, 3.63) is 76.6 Å². The van der Waals surface area contributed by atoms with E-state index in [0.717, 1.165) is 11.1 Å². The fourth-order valence-electron chi connectivity index (χ4n) is 2.40. The average molecular weight is 286 g/mol. The summed E-state index contributed by atoms with van der Waals surface area (Å²) in [6.07, 6.45) is 4.83. The van der Waals surface area contributed by atoms with E-state index in [4.69, 9.17) is 18.3 Å². The van der Waals surface area contributed by atoms with Gasteiger partial charge in [-0.3, -0.25) is 0 Å². The van der Waals surface area contributed by atoms with Gasteiger partial charge in [0.15, 0.2) is 5.69 Å². The lowest BCUT2D eigenvalue weighted by Crippen LogP contribution is -2.19. The summed E-state index contributed by atoms with van der Waals surface area (Å²) in [5.74, 6) is 2.19. The quantitative estimate of drug-likeness (QED) is 0.689. The first kappa shape index (κ1) is 15.3. The van der Waals surface area contributed by atoms with Crippen molar-refractivity contribution in [1.29, 1.82) is 5.26 Å². The van der Waals surface area contributed by atoms with Crippen molar-refractivity contribution in [2.75, 3.05) is 0 Å². The molecule has 2 unspecified atom stereocenters. The van der Waals surface area contributed by atoms with E-state index in [1.165, 1.54) is 0 Å². The SMILES string of the molecule is [C-]#[N+]c1ccc(C(c2ccc(C#N)cc2)C(O)CC#C)cc1. The van der Waals surface area contributed by atoms with Crippen LogP contribution < -0.4 is 0 Å². The molecule has 0 spiro atoms. The molecule has 0 radical (unpaired) electrons. The molecule has 0 heterocycles. The third kappa shape index (κ3) is 3.33. The Balaban J connectivity index is 2.43. The van der Waals surface area contributed by atoms with Gasteiger partial charge in [0.1, 0.15) is 0 Å². The van der Waals surface area contributed by atoms with Gasteiger partial charge in [0, 0.05) is 12.3 Å². The molecule has 0 aliphatic carbocycles. The maximum Gasteiger partial charge on any atom is 0.187 e. The zero-order valence-electron chi connectivity index (χ0n) is 11.9. The average Bonchev–Trinajstić information content (AvgIpc) is 2.56. The largest absolute Gasteiger partial charge is 0.391 e. The highest BCUT2D eigenvalue weighted by atomic mass is 16.3. The lowest BCUT2D eigenvalue weighted by molar-refractivity contribution is 0.162. The van der Waals surface area contributed by atoms with Gasteiger partial charge in [0.25, 0.3) is 0 Å². The number of nitriles is 1. The van der Waals surface area contributed by atoms with Gasteiger partial charge in [-0.1, -0.05) is 36.4 Å². The summed E-state index contributed by atoms with van der Waals surface area (Å²) in [5.41, 5.74) is 2.89. The van der Waals surface area contributed by atoms with Crippen molar-refractivity contribution in [3.63, 3.8) is 0 Å². The molecule has 0 aliphatic rings. The summed E-state index contributed by atoms with van der Waals surface area (Å²) in [5, 5.41) is 19.3. The molecule has 3 heteroatoms. The summed E-state index contributed by atoms with van der Waals surface area (Å²) >= 11 is 0. The zero-order valence-corrected chi connectivity index (χ0v) is 11.9. The van der Waals surface area contributed by atoms with E-state index < -0.39 is 6.10 Å². The van der Waals surface area contributed by atoms with Crippen molar-refractivity contribution >= 4 is 5.69 Å². The van der Waals surface area contributed by atoms with Crippen LogP contribution in [0, 0.1) is 30.2 Å². The Morgan fingerprint density at radius 3 is 2.09 bits per heavy atom. The van der Waals surface area contributed by atoms with Gasteiger partial charge < -0.3 is 5.11 Å². The second kappa shape index (κ2) is 7.09. The first-order valence-corrected chi connectivity index (χ1v) is 6.78. The van der Waals surface area contributed by atoms with Crippen LogP contribution in [0.1, 0.15) is 29.0 Å². The number of hydrogen-bond donors (Lipinski definition) is 1. The van der Waals surface area contributed by atoms with Crippen molar-refractivity contribution in [2.45, 2.75) is 18.4 Å². The van der Waals surface area contributed by atoms with Crippen LogP contribution in [0.5, 0.6) is 0 Å². The molecule has 0 fully saturated rings. The van der Waals surface area contributed by atoms with Gasteiger partial charge >= 0.3 is 0 Å². The first-order valence-electron chi connectivity index (χ1n) is 6.78. The lowest BCUT2D eigenvalue weighted by atomic mass is 9.85. The van der Waals surface area contributed by atoms with E-state index in [9.17, 15) is 5.11 Å². The molecule has 2 aromatic rings. The molecule has 0 aliphatic heterocycles. The van der Waals surface area contributed by atoms with Crippen molar-refractivity contribution in [3.8, 4) is 18.4 Å². The molecule has 3 nitrogen and oxygen atoms in total. The maximum atomic E-state index is 10.4. The highest BCUT2D eigenvalue weighted by Gasteiger charge is 2.22. The monoisotopic (exact) mass is 286 g/mol. The van der Waals surface area contributed by atoms with Gasteiger partial charge in [0.2, 0.25) is 0 Å². The Morgan fingerprint density at radius 1 is 1.09 bits per heavy atom. The fourth-order valence-corrected chi connectivity index (χ4v) is 2.40. The smallest absolute Gasteiger partial charge is 0.187 e. The van der Waals surface area contributed by atoms with Crippen LogP contribution in [0.4, 0.5) is 5.69 Å². The van der Waals surface area contributed by atoms with Crippen LogP contribution >= 0.6 is 0 Å². The van der Waals surface area contributed by atoms with E-state index in [1.54, 1.807) is 24.3 Å². The third-order valence-electron chi connectivity index (χ3n) is 3.49. The van der Waals surface area contributed by atoms with Crippen LogP contribution in [0.15, 0.2) is 48.5 Å². The number of aliphatic hydroxyl groups is 1. The second-order valence-electron chi connectivity index (χ2n) is 4.89. The Morgan fingerprint density at radius 2 is 1.64 bits per heavy atom. The molecule has 2 rings (SSSR count). The third-order valence-corrected chi connectivity index (χ3v) is 3.49. The lowest BCUT2D eigenvalue weighted by Gasteiger charge is -2.23. The molecule has 0 aromatic heterocycles. The van der Waals surface area contributed by atoms with Gasteiger partial charge in [0.05, 0.1) is 24.3 Å². The minimum absolute atomic E-state index is 0.231. The Hall–Kier alpha value is -3.06. The molecule has 0 saturated carbocycles. The summed E-state index contributed by atoms with van der Waals surface area (Å²) in [6.45, 7) is 7.00. The number of hydrogen-bond acceptors (Lipinski definition) is 2. The van der Waals surface area contributed by atoms with Crippen molar-refractivity contribution in [1.82, 2.24) is 0 Å². The number of nitrogens with zero attached hydrogens (tertiary/aromatic N) is 2. The minimum atomic E-state index is -0.725. The molecule has 22 heavy (non-hydrogen) atoms. The van der Waals surface area contributed by atoms with E-state index in [2.05, 4.69) is 16.8 Å². The minimum Gasteiger partial charge on any atom is -0.391 e. The molecule has 2 atom stereocenters. The summed E-state index contributed by atoms with van der Waals surface area (Å²) in [4.78, 5) is 3.37. The molecule has 0 saturated heterocycles. The van der Waals surface area contributed by atoms with Crippen LogP contribution in [0.3, 0.4) is 0 Å². The van der Waals surface area contributed by atoms with E-state index in [1.807, 2.05) is 24.3 Å². The van der Waals surface area contributed by atoms with Gasteiger partial charge in [-0.2, -0.15) is 5.26 Å². The van der Waals surface area contributed by atoms with Crippen LogP contribution in [-0.2, 0) is 0 Å². The molecule has 0 bridgehead atoms. The van der Waals surface area contributed by atoms with Gasteiger partial charge in [-0.15, -0.1) is 12.3 Å². The number of terminal acetylenes is 1. The highest BCUT2D eigenvalue weighted by molar-refractivity contribution is 5.48. The van der Waals surface area contributed by atoms with Gasteiger partial charge in [-0.25, -0.2) is 4.85 Å². The predicted molar refractivity (Wildman–Crippen MR) is 85.2 cm³/mol. The molecular formula is C19H14N2O. The highest BCUT2D eigenvalue weighted by Crippen LogP contribution is 2.31. The summed E-state index contributed by atoms with van der Waals surface area (Å²) < 4.78 is 0. The maximum absolute atomic E-state index is 10.4. The standard InChI is InChI=1S/C19H14N2O/c1-3-4-18(22)19(15-7-5-14(13-20)6-8-15)16-9-11-17(21-2)12-10-16/h1,5-12,18-19,22H,4H2. The Labute approximate surface area is 130 Å². The van der Waals surface area contributed by atoms with E-state index in [0.29, 0.717) is 11.3 Å². The number of benzene rings is 2. The Bertz CT molecular complexity index is 698. The number of aliphatic hydroxyl groups excluding tert-OH is 1. The molecule has 1 N–H and O–H groups in total. The van der Waals surface area contributed by atoms with Crippen LogP contribution in [-0.4, -0.2) is 11.2 Å². The second-order valence-corrected chi connectivity index (χ2v) is 4.89. The molecule has 106 valence electrons. The normalized spacial score (nSPS) is 12.5. The molecular weight excluding hydrogens is 272 g/mol. The zero-order chi connectivity index (χ0) is 15.9. The van der Waals surface area contributed by atoms with Crippen molar-refractivity contribution in [2.24, 2.45) is 0 Å². The topological polar surface area (TPSA) is 48.4 Å². The van der Waals surface area contributed by atoms with Crippen LogP contribution in [0.25, 0.3) is 4.85 Å². The van der Waals surface area contributed by atoms with E-state index in [-0.39, 0.29) is 12.3 Å². The van der Waals surface area contributed by atoms with Gasteiger partial charge in [-0.05, 0) is 23.3 Å². The number of rotatable bonds is 4. The predicted octanol–water partition coefficient (Wildman–Crippen LogP) is 3.63. The molecule has 2 aromatic carbocycles. The van der Waals surface area contributed by atoms with Crippen molar-refractivity contribution < 1.29 is 5.11 Å². The summed E-state index contributed by atoms with van der Waals surface area (Å²) in [7, 11) is 0. The fraction of sp³-hybridized carbons (Fsp3) is 0.158. The Kier molecular flexibility index (Phi) is 4.94. The summed E-state index contributed by atoms with van der Waals surface area (Å²) in [6, 6.07) is 16.3. The first-order chi connectivity index (χ1) is 10.7.